The van der Waals surface area contributed by atoms with Crippen LogP contribution in [0.2, 0.25) is 0 Å². The van der Waals surface area contributed by atoms with Gasteiger partial charge in [-0.3, -0.25) is 4.79 Å². The van der Waals surface area contributed by atoms with Gasteiger partial charge in [-0.1, -0.05) is 5.16 Å². The maximum atomic E-state index is 13.4. The Balaban J connectivity index is 1.93. The van der Waals surface area contributed by atoms with Crippen molar-refractivity contribution in [1.29, 1.82) is 0 Å². The number of ether oxygens (including phenoxy) is 2. The summed E-state index contributed by atoms with van der Waals surface area (Å²) in [6.07, 6.45) is 0. The van der Waals surface area contributed by atoms with E-state index in [0.717, 1.165) is 0 Å². The highest BCUT2D eigenvalue weighted by molar-refractivity contribution is 6.12. The molecule has 0 saturated heterocycles. The minimum atomic E-state index is -0.377. The molecule has 4 rings (SSSR count). The molecule has 2 heterocycles. The average molecular weight is 410 g/mol. The second-order valence-electron chi connectivity index (χ2n) is 6.55. The van der Waals surface area contributed by atoms with Crippen LogP contribution < -0.4 is 10.1 Å². The van der Waals surface area contributed by atoms with E-state index in [2.05, 4.69) is 10.5 Å². The molecule has 2 aromatic heterocycles. The van der Waals surface area contributed by atoms with Gasteiger partial charge >= 0.3 is 0 Å². The average Bonchev–Trinajstić information content (AvgIpc) is 3.37. The van der Waals surface area contributed by atoms with Crippen molar-refractivity contribution >= 4 is 16.9 Å². The maximum absolute atomic E-state index is 13.4. The van der Waals surface area contributed by atoms with Crippen LogP contribution in [0.15, 0.2) is 51.4 Å². The number of hydrogen-bond acceptors (Lipinski definition) is 6. The molecule has 30 heavy (non-hydrogen) atoms. The molecule has 0 bridgehead atoms. The molecule has 0 aliphatic heterocycles. The quantitative estimate of drug-likeness (QED) is 0.507. The van der Waals surface area contributed by atoms with Gasteiger partial charge in [0, 0.05) is 36.7 Å². The zero-order valence-electron chi connectivity index (χ0n) is 16.6. The van der Waals surface area contributed by atoms with Crippen LogP contribution in [0.4, 0.5) is 4.39 Å². The van der Waals surface area contributed by atoms with E-state index >= 15 is 0 Å². The molecule has 0 radical (unpaired) electrons. The normalized spacial score (nSPS) is 11.1. The third-order valence-corrected chi connectivity index (χ3v) is 4.69. The van der Waals surface area contributed by atoms with Gasteiger partial charge in [0.1, 0.15) is 35.2 Å². The van der Waals surface area contributed by atoms with E-state index in [0.29, 0.717) is 50.6 Å². The number of methoxy groups -OCH3 is 2. The van der Waals surface area contributed by atoms with Gasteiger partial charge in [0.15, 0.2) is 5.76 Å². The number of nitrogens with zero attached hydrogens (tertiary/aromatic N) is 1. The van der Waals surface area contributed by atoms with Gasteiger partial charge in [-0.05, 0) is 36.4 Å². The number of fused-ring (bicyclic) bond motifs is 1. The number of halogens is 1. The molecular weight excluding hydrogens is 391 g/mol. The van der Waals surface area contributed by atoms with Gasteiger partial charge in [-0.2, -0.15) is 0 Å². The van der Waals surface area contributed by atoms with Crippen LogP contribution in [0.1, 0.15) is 16.1 Å². The number of carbonyl (C=O) groups excluding carboxylic acids is 1. The lowest BCUT2D eigenvalue weighted by Crippen LogP contribution is -2.18. The Kier molecular flexibility index (Phi) is 5.24. The summed E-state index contributed by atoms with van der Waals surface area (Å²) in [4.78, 5) is 12.7. The Morgan fingerprint density at radius 1 is 1.17 bits per heavy atom. The number of carbonyl (C=O) groups is 1. The Bertz CT molecular complexity index is 1210. The molecule has 1 N–H and O–H groups in total. The second kappa shape index (κ2) is 8.00. The molecule has 4 aromatic rings. The van der Waals surface area contributed by atoms with Crippen molar-refractivity contribution in [1.82, 2.24) is 10.5 Å². The molecule has 8 heteroatoms. The van der Waals surface area contributed by atoms with E-state index in [1.807, 2.05) is 0 Å². The van der Waals surface area contributed by atoms with Crippen molar-refractivity contribution in [3.05, 3.63) is 59.6 Å². The molecule has 154 valence electrons. The van der Waals surface area contributed by atoms with Crippen molar-refractivity contribution in [3.63, 3.8) is 0 Å². The van der Waals surface area contributed by atoms with E-state index in [4.69, 9.17) is 18.4 Å². The van der Waals surface area contributed by atoms with Gasteiger partial charge in [0.2, 0.25) is 0 Å². The lowest BCUT2D eigenvalue weighted by Gasteiger charge is -2.06. The molecule has 0 saturated carbocycles. The zero-order chi connectivity index (χ0) is 21.3. The number of aromatic nitrogens is 1. The molecular formula is C22H19FN2O5. The van der Waals surface area contributed by atoms with Crippen molar-refractivity contribution in [2.75, 3.05) is 21.3 Å². The predicted octanol–water partition coefficient (Wildman–Crippen LogP) is 4.41. The minimum Gasteiger partial charge on any atom is -0.496 e. The lowest BCUT2D eigenvalue weighted by atomic mass is 10.0. The van der Waals surface area contributed by atoms with Crippen LogP contribution in [0, 0.1) is 5.82 Å². The summed E-state index contributed by atoms with van der Waals surface area (Å²) in [5.74, 6) is 0.692. The third-order valence-electron chi connectivity index (χ3n) is 4.69. The Morgan fingerprint density at radius 2 is 1.93 bits per heavy atom. The van der Waals surface area contributed by atoms with Crippen LogP contribution >= 0.6 is 0 Å². The predicted molar refractivity (Wildman–Crippen MR) is 108 cm³/mol. The number of benzene rings is 2. The Hall–Kier alpha value is -3.65. The molecule has 7 nitrogen and oxygen atoms in total. The largest absolute Gasteiger partial charge is 0.496 e. The molecule has 0 aliphatic carbocycles. The van der Waals surface area contributed by atoms with Crippen molar-refractivity contribution in [2.45, 2.75) is 6.61 Å². The lowest BCUT2D eigenvalue weighted by molar-refractivity contribution is 0.0964. The summed E-state index contributed by atoms with van der Waals surface area (Å²) in [7, 11) is 4.63. The van der Waals surface area contributed by atoms with Gasteiger partial charge in [0.25, 0.3) is 5.91 Å². The van der Waals surface area contributed by atoms with Crippen LogP contribution in [0.25, 0.3) is 33.6 Å². The highest BCUT2D eigenvalue weighted by atomic mass is 19.1. The van der Waals surface area contributed by atoms with Gasteiger partial charge in [-0.25, -0.2) is 4.39 Å². The van der Waals surface area contributed by atoms with E-state index < -0.39 is 0 Å². The first-order chi connectivity index (χ1) is 14.5. The number of rotatable bonds is 6. The highest BCUT2D eigenvalue weighted by Gasteiger charge is 2.24. The van der Waals surface area contributed by atoms with Crippen LogP contribution in [-0.2, 0) is 11.3 Å². The van der Waals surface area contributed by atoms with Crippen molar-refractivity contribution < 1.29 is 27.6 Å². The maximum Gasteiger partial charge on any atom is 0.255 e. The van der Waals surface area contributed by atoms with Gasteiger partial charge < -0.3 is 23.7 Å². The van der Waals surface area contributed by atoms with Crippen LogP contribution in [0.5, 0.6) is 5.75 Å². The Morgan fingerprint density at radius 3 is 2.60 bits per heavy atom. The first-order valence-corrected chi connectivity index (χ1v) is 9.13. The van der Waals surface area contributed by atoms with Gasteiger partial charge in [0.05, 0.1) is 12.7 Å². The molecule has 2 aromatic carbocycles. The highest BCUT2D eigenvalue weighted by Crippen LogP contribution is 2.40. The topological polar surface area (TPSA) is 86.7 Å². The number of nitrogens with one attached hydrogen (secondary N) is 1. The summed E-state index contributed by atoms with van der Waals surface area (Å²) in [5.41, 5.74) is 2.56. The minimum absolute atomic E-state index is 0.286. The number of amides is 1. The first-order valence-electron chi connectivity index (χ1n) is 9.13. The fourth-order valence-corrected chi connectivity index (χ4v) is 3.30. The van der Waals surface area contributed by atoms with Gasteiger partial charge in [-0.15, -0.1) is 0 Å². The molecule has 1 amide bonds. The van der Waals surface area contributed by atoms with E-state index in [-0.39, 0.29) is 18.3 Å². The molecule has 0 fully saturated rings. The SMILES string of the molecule is CNC(=O)c1c(-c2ccc(F)cc2)oc2cc(-c3cc(COC)on3)c(OC)cc12. The van der Waals surface area contributed by atoms with E-state index in [1.54, 1.807) is 37.4 Å². The summed E-state index contributed by atoms with van der Waals surface area (Å²) < 4.78 is 35.3. The van der Waals surface area contributed by atoms with E-state index in [9.17, 15) is 9.18 Å². The summed E-state index contributed by atoms with van der Waals surface area (Å²) in [6, 6.07) is 11.0. The monoisotopic (exact) mass is 410 g/mol. The van der Waals surface area contributed by atoms with Crippen LogP contribution in [0.3, 0.4) is 0 Å². The zero-order valence-corrected chi connectivity index (χ0v) is 16.6. The standard InChI is InChI=1S/C22H19FN2O5/c1-24-22(26)20-16-10-18(28-3)15(17-8-14(11-27-2)30-25-17)9-19(16)29-21(20)12-4-6-13(23)7-5-12/h4-10H,11H2,1-3H3,(H,24,26). The third kappa shape index (κ3) is 3.42. The van der Waals surface area contributed by atoms with Crippen molar-refractivity contribution in [2.24, 2.45) is 0 Å². The fourth-order valence-electron chi connectivity index (χ4n) is 3.30. The summed E-state index contributed by atoms with van der Waals surface area (Å²) in [5, 5.41) is 7.26. The van der Waals surface area contributed by atoms with Crippen LogP contribution in [-0.4, -0.2) is 32.3 Å². The Labute approximate surface area is 171 Å². The number of hydrogen-bond donors (Lipinski definition) is 1. The van der Waals surface area contributed by atoms with Crippen molar-refractivity contribution in [3.8, 4) is 28.3 Å². The van der Waals surface area contributed by atoms with E-state index in [1.165, 1.54) is 26.3 Å². The molecule has 0 unspecified atom stereocenters. The first kappa shape index (κ1) is 19.7. The molecule has 0 aliphatic rings. The summed E-state index contributed by atoms with van der Waals surface area (Å²) in [6.45, 7) is 0.286. The fraction of sp³-hybridized carbons (Fsp3) is 0.182. The molecule has 0 atom stereocenters. The summed E-state index contributed by atoms with van der Waals surface area (Å²) >= 11 is 0. The second-order valence-corrected chi connectivity index (χ2v) is 6.55. The smallest absolute Gasteiger partial charge is 0.255 e. The molecule has 0 spiro atoms. The number of furan rings is 1.